The number of nitrogens with zero attached hydrogens (tertiary/aromatic N) is 2. The van der Waals surface area contributed by atoms with Crippen molar-refractivity contribution in [1.29, 1.82) is 5.26 Å². The molecule has 1 unspecified atom stereocenters. The molecule has 2 rings (SSSR count). The highest BCUT2D eigenvalue weighted by atomic mass is 16.2. The predicted molar refractivity (Wildman–Crippen MR) is 99.9 cm³/mol. The topological polar surface area (TPSA) is 65.8 Å². The third-order valence-electron chi connectivity index (χ3n) is 4.68. The Kier molecular flexibility index (Phi) is 5.93. The second kappa shape index (κ2) is 7.94. The van der Waals surface area contributed by atoms with Crippen molar-refractivity contribution in [1.82, 2.24) is 10.3 Å². The number of hydrogen-bond donors (Lipinski definition) is 1. The Balaban J connectivity index is 2.17. The minimum Gasteiger partial charge on any atom is -0.355 e. The number of rotatable bonds is 6. The number of nitrogens with one attached hydrogen (secondary N) is 1. The van der Waals surface area contributed by atoms with Gasteiger partial charge in [-0.15, -0.1) is 0 Å². The minimum atomic E-state index is -0.598. The number of aromatic nitrogens is 1. The van der Waals surface area contributed by atoms with Gasteiger partial charge in [-0.3, -0.25) is 9.78 Å². The number of carbonyl (C=O) groups is 1. The Morgan fingerprint density at radius 3 is 2.52 bits per heavy atom. The maximum atomic E-state index is 12.6. The van der Waals surface area contributed by atoms with Gasteiger partial charge in [0.1, 0.15) is 6.07 Å². The fourth-order valence-electron chi connectivity index (χ4n) is 2.50. The van der Waals surface area contributed by atoms with E-state index < -0.39 is 5.41 Å². The summed E-state index contributed by atoms with van der Waals surface area (Å²) >= 11 is 0. The van der Waals surface area contributed by atoms with Crippen LogP contribution in [0.1, 0.15) is 45.2 Å². The van der Waals surface area contributed by atoms with Crippen LogP contribution in [-0.4, -0.2) is 17.4 Å². The lowest BCUT2D eigenvalue weighted by Crippen LogP contribution is -2.41. The Hall–Kier alpha value is -2.67. The van der Waals surface area contributed by atoms with E-state index in [0.29, 0.717) is 18.0 Å². The number of benzene rings is 1. The van der Waals surface area contributed by atoms with Gasteiger partial charge in [0, 0.05) is 24.5 Å². The monoisotopic (exact) mass is 335 g/mol. The molecule has 0 aliphatic rings. The molecule has 0 saturated heterocycles. The minimum absolute atomic E-state index is 0.0358. The third-order valence-corrected chi connectivity index (χ3v) is 4.68. The molecule has 1 heterocycles. The zero-order valence-corrected chi connectivity index (χ0v) is 15.3. The summed E-state index contributed by atoms with van der Waals surface area (Å²) in [4.78, 5) is 16.7. The Labute approximate surface area is 149 Å². The van der Waals surface area contributed by atoms with Crippen LogP contribution in [0.5, 0.6) is 0 Å². The molecule has 0 fully saturated rings. The lowest BCUT2D eigenvalue weighted by atomic mass is 9.83. The summed E-state index contributed by atoms with van der Waals surface area (Å²) in [7, 11) is 0. The predicted octanol–water partition coefficient (Wildman–Crippen LogP) is 4.06. The fraction of sp³-hybridized carbons (Fsp3) is 0.381. The average molecular weight is 335 g/mol. The van der Waals surface area contributed by atoms with Crippen LogP contribution in [0.4, 0.5) is 0 Å². The van der Waals surface area contributed by atoms with Crippen LogP contribution in [-0.2, 0) is 10.2 Å². The van der Waals surface area contributed by atoms with Crippen LogP contribution >= 0.6 is 0 Å². The molecule has 0 spiro atoms. The number of nitriles is 1. The molecule has 0 bridgehead atoms. The van der Waals surface area contributed by atoms with Crippen molar-refractivity contribution in [2.75, 3.05) is 6.54 Å². The summed E-state index contributed by atoms with van der Waals surface area (Å²) in [5, 5.41) is 12.0. The van der Waals surface area contributed by atoms with Gasteiger partial charge >= 0.3 is 0 Å². The highest BCUT2D eigenvalue weighted by molar-refractivity contribution is 5.87. The molecule has 1 N–H and O–H groups in total. The van der Waals surface area contributed by atoms with Crippen LogP contribution in [0.2, 0.25) is 0 Å². The SMILES string of the molecule is CCC(C)CNC(=O)C(C)(C)c1ccc(-c2cncc(C#N)c2)cc1. The van der Waals surface area contributed by atoms with Crippen LogP contribution in [0, 0.1) is 17.2 Å². The quantitative estimate of drug-likeness (QED) is 0.865. The molecule has 130 valence electrons. The summed E-state index contributed by atoms with van der Waals surface area (Å²) in [6.45, 7) is 8.82. The first-order chi connectivity index (χ1) is 11.9. The maximum absolute atomic E-state index is 12.6. The van der Waals surface area contributed by atoms with Gasteiger partial charge in [-0.05, 0) is 37.0 Å². The smallest absolute Gasteiger partial charge is 0.230 e. The molecule has 1 aromatic heterocycles. The van der Waals surface area contributed by atoms with Crippen LogP contribution in [0.3, 0.4) is 0 Å². The van der Waals surface area contributed by atoms with E-state index in [2.05, 4.69) is 30.2 Å². The van der Waals surface area contributed by atoms with Crippen molar-refractivity contribution < 1.29 is 4.79 Å². The van der Waals surface area contributed by atoms with Gasteiger partial charge in [-0.25, -0.2) is 0 Å². The lowest BCUT2D eigenvalue weighted by Gasteiger charge is -2.25. The van der Waals surface area contributed by atoms with Gasteiger partial charge < -0.3 is 5.32 Å². The summed E-state index contributed by atoms with van der Waals surface area (Å²) in [6.07, 6.45) is 4.33. The van der Waals surface area contributed by atoms with E-state index in [1.54, 1.807) is 12.4 Å². The van der Waals surface area contributed by atoms with Crippen LogP contribution in [0.25, 0.3) is 11.1 Å². The molecule has 0 aliphatic carbocycles. The molecule has 0 radical (unpaired) electrons. The van der Waals surface area contributed by atoms with E-state index in [1.165, 1.54) is 0 Å². The van der Waals surface area contributed by atoms with Crippen molar-refractivity contribution in [3.05, 3.63) is 53.9 Å². The van der Waals surface area contributed by atoms with Gasteiger partial charge in [0.15, 0.2) is 0 Å². The van der Waals surface area contributed by atoms with Crippen molar-refractivity contribution >= 4 is 5.91 Å². The summed E-state index contributed by atoms with van der Waals surface area (Å²) in [6, 6.07) is 11.8. The molecule has 1 amide bonds. The Morgan fingerprint density at radius 1 is 1.24 bits per heavy atom. The normalized spacial score (nSPS) is 12.3. The van der Waals surface area contributed by atoms with Crippen molar-refractivity contribution in [3.8, 4) is 17.2 Å². The first kappa shape index (κ1) is 18.7. The van der Waals surface area contributed by atoms with Crippen LogP contribution < -0.4 is 5.32 Å². The molecule has 4 nitrogen and oxygen atoms in total. The second-order valence-electron chi connectivity index (χ2n) is 7.00. The van der Waals surface area contributed by atoms with Gasteiger partial charge in [0.2, 0.25) is 5.91 Å². The van der Waals surface area contributed by atoms with Crippen molar-refractivity contribution in [2.24, 2.45) is 5.92 Å². The highest BCUT2D eigenvalue weighted by Gasteiger charge is 2.29. The second-order valence-corrected chi connectivity index (χ2v) is 7.00. The average Bonchev–Trinajstić information content (AvgIpc) is 2.65. The Bertz CT molecular complexity index is 772. The number of pyridine rings is 1. The first-order valence-electron chi connectivity index (χ1n) is 8.62. The van der Waals surface area contributed by atoms with Gasteiger partial charge in [-0.1, -0.05) is 44.5 Å². The van der Waals surface area contributed by atoms with Gasteiger partial charge in [0.05, 0.1) is 11.0 Å². The van der Waals surface area contributed by atoms with Gasteiger partial charge in [0.25, 0.3) is 0 Å². The van der Waals surface area contributed by atoms with E-state index >= 15 is 0 Å². The molecule has 1 atom stereocenters. The molecular formula is C21H25N3O. The maximum Gasteiger partial charge on any atom is 0.230 e. The zero-order valence-electron chi connectivity index (χ0n) is 15.3. The molecule has 0 aliphatic heterocycles. The lowest BCUT2D eigenvalue weighted by molar-refractivity contribution is -0.125. The molecule has 25 heavy (non-hydrogen) atoms. The molecular weight excluding hydrogens is 310 g/mol. The number of amides is 1. The van der Waals surface area contributed by atoms with E-state index in [0.717, 1.165) is 23.1 Å². The zero-order chi connectivity index (χ0) is 18.4. The van der Waals surface area contributed by atoms with E-state index in [1.807, 2.05) is 44.2 Å². The Morgan fingerprint density at radius 2 is 1.92 bits per heavy atom. The summed E-state index contributed by atoms with van der Waals surface area (Å²) in [5.74, 6) is 0.510. The molecule has 2 aromatic rings. The van der Waals surface area contributed by atoms with Crippen molar-refractivity contribution in [3.63, 3.8) is 0 Å². The number of hydrogen-bond acceptors (Lipinski definition) is 3. The van der Waals surface area contributed by atoms with E-state index in [4.69, 9.17) is 5.26 Å². The van der Waals surface area contributed by atoms with Crippen LogP contribution in [0.15, 0.2) is 42.7 Å². The molecule has 4 heteroatoms. The molecule has 1 aromatic carbocycles. The third kappa shape index (κ3) is 4.45. The van der Waals surface area contributed by atoms with E-state index in [9.17, 15) is 4.79 Å². The summed E-state index contributed by atoms with van der Waals surface area (Å²) < 4.78 is 0. The number of carbonyl (C=O) groups excluding carboxylic acids is 1. The summed E-state index contributed by atoms with van der Waals surface area (Å²) in [5.41, 5.74) is 2.76. The van der Waals surface area contributed by atoms with Gasteiger partial charge in [-0.2, -0.15) is 5.26 Å². The standard InChI is InChI=1S/C21H25N3O/c1-5-15(2)12-24-20(25)21(3,4)19-8-6-17(7-9-19)18-10-16(11-22)13-23-14-18/h6-10,13-15H,5,12H2,1-4H3,(H,24,25). The van der Waals surface area contributed by atoms with E-state index in [-0.39, 0.29) is 5.91 Å². The molecule has 0 saturated carbocycles. The van der Waals surface area contributed by atoms with Crippen molar-refractivity contribution in [2.45, 2.75) is 39.5 Å². The fourth-order valence-corrected chi connectivity index (χ4v) is 2.50. The largest absolute Gasteiger partial charge is 0.355 e. The first-order valence-corrected chi connectivity index (χ1v) is 8.62. The highest BCUT2D eigenvalue weighted by Crippen LogP contribution is 2.27.